The summed E-state index contributed by atoms with van der Waals surface area (Å²) < 4.78 is 45.7. The SMILES string of the molecule is Cc1cc(C(F)(F)F)n2ncc(C(=O)NCC(C)Oc3cccnc3)c2n1. The minimum Gasteiger partial charge on any atom is -0.487 e. The van der Waals surface area contributed by atoms with Crippen molar-refractivity contribution in [3.8, 4) is 5.75 Å². The molecule has 3 heterocycles. The van der Waals surface area contributed by atoms with E-state index in [4.69, 9.17) is 4.74 Å². The first-order valence-electron chi connectivity index (χ1n) is 8.03. The van der Waals surface area contributed by atoms with Crippen LogP contribution in [-0.2, 0) is 6.18 Å². The van der Waals surface area contributed by atoms with Crippen molar-refractivity contribution in [2.24, 2.45) is 0 Å². The average molecular weight is 379 g/mol. The van der Waals surface area contributed by atoms with Crippen LogP contribution in [0.25, 0.3) is 5.65 Å². The maximum atomic E-state index is 13.2. The normalized spacial score (nSPS) is 12.8. The minimum absolute atomic E-state index is 0.0437. The van der Waals surface area contributed by atoms with Gasteiger partial charge in [-0.15, -0.1) is 0 Å². The third-order valence-electron chi connectivity index (χ3n) is 3.66. The van der Waals surface area contributed by atoms with Crippen LogP contribution in [0, 0.1) is 6.92 Å². The van der Waals surface area contributed by atoms with Crippen LogP contribution < -0.4 is 10.1 Å². The number of aromatic nitrogens is 4. The van der Waals surface area contributed by atoms with Crippen LogP contribution >= 0.6 is 0 Å². The maximum Gasteiger partial charge on any atom is 0.433 e. The molecule has 0 saturated heterocycles. The number of carbonyl (C=O) groups is 1. The Hall–Kier alpha value is -3.17. The van der Waals surface area contributed by atoms with Gasteiger partial charge in [0, 0.05) is 11.9 Å². The smallest absolute Gasteiger partial charge is 0.433 e. The van der Waals surface area contributed by atoms with Crippen molar-refractivity contribution in [1.29, 1.82) is 0 Å². The molecule has 3 aromatic rings. The summed E-state index contributed by atoms with van der Waals surface area (Å²) in [5, 5.41) is 6.29. The summed E-state index contributed by atoms with van der Waals surface area (Å²) in [6.07, 6.45) is -0.777. The Morgan fingerprint density at radius 1 is 1.37 bits per heavy atom. The molecule has 1 N–H and O–H groups in total. The zero-order valence-corrected chi connectivity index (χ0v) is 14.5. The van der Waals surface area contributed by atoms with Gasteiger partial charge in [0.25, 0.3) is 5.91 Å². The Bertz CT molecular complexity index is 956. The van der Waals surface area contributed by atoms with Gasteiger partial charge in [0.15, 0.2) is 5.65 Å². The number of halogens is 3. The lowest BCUT2D eigenvalue weighted by atomic mass is 10.2. The topological polar surface area (TPSA) is 81.4 Å². The van der Waals surface area contributed by atoms with Gasteiger partial charge in [-0.1, -0.05) is 0 Å². The van der Waals surface area contributed by atoms with Crippen molar-refractivity contribution in [3.05, 3.63) is 53.7 Å². The second-order valence-corrected chi connectivity index (χ2v) is 5.90. The fourth-order valence-corrected chi connectivity index (χ4v) is 2.47. The van der Waals surface area contributed by atoms with Gasteiger partial charge < -0.3 is 10.1 Å². The third kappa shape index (κ3) is 4.15. The highest BCUT2D eigenvalue weighted by atomic mass is 19.4. The summed E-state index contributed by atoms with van der Waals surface area (Å²) in [6.45, 7) is 3.31. The highest BCUT2D eigenvalue weighted by Gasteiger charge is 2.35. The van der Waals surface area contributed by atoms with Crippen LogP contribution in [-0.4, -0.2) is 38.1 Å². The van der Waals surface area contributed by atoms with Gasteiger partial charge in [-0.2, -0.15) is 18.3 Å². The van der Waals surface area contributed by atoms with E-state index in [0.717, 1.165) is 12.3 Å². The fourth-order valence-electron chi connectivity index (χ4n) is 2.47. The minimum atomic E-state index is -4.61. The van der Waals surface area contributed by atoms with Gasteiger partial charge in [-0.25, -0.2) is 9.50 Å². The van der Waals surface area contributed by atoms with E-state index in [1.807, 2.05) is 0 Å². The largest absolute Gasteiger partial charge is 0.487 e. The number of rotatable bonds is 5. The van der Waals surface area contributed by atoms with E-state index in [1.165, 1.54) is 13.1 Å². The van der Waals surface area contributed by atoms with E-state index in [1.54, 1.807) is 25.3 Å². The Labute approximate surface area is 152 Å². The Morgan fingerprint density at radius 3 is 2.81 bits per heavy atom. The third-order valence-corrected chi connectivity index (χ3v) is 3.66. The van der Waals surface area contributed by atoms with Crippen LogP contribution in [0.4, 0.5) is 13.2 Å². The molecular formula is C17H16F3N5O2. The molecule has 0 bridgehead atoms. The van der Waals surface area contributed by atoms with Crippen molar-refractivity contribution in [2.75, 3.05) is 6.54 Å². The number of carbonyl (C=O) groups excluding carboxylic acids is 1. The van der Waals surface area contributed by atoms with Gasteiger partial charge in [0.05, 0.1) is 18.9 Å². The van der Waals surface area contributed by atoms with Crippen LogP contribution in [0.15, 0.2) is 36.8 Å². The van der Waals surface area contributed by atoms with Crippen molar-refractivity contribution in [1.82, 2.24) is 24.9 Å². The number of hydrogen-bond acceptors (Lipinski definition) is 5. The van der Waals surface area contributed by atoms with E-state index < -0.39 is 17.8 Å². The number of alkyl halides is 3. The molecule has 1 atom stereocenters. The molecule has 1 unspecified atom stereocenters. The van der Waals surface area contributed by atoms with Crippen LogP contribution in [0.5, 0.6) is 5.75 Å². The molecule has 0 aromatic carbocycles. The summed E-state index contributed by atoms with van der Waals surface area (Å²) in [5.41, 5.74) is -1.05. The van der Waals surface area contributed by atoms with Gasteiger partial charge in [0.1, 0.15) is 23.1 Å². The summed E-state index contributed by atoms with van der Waals surface area (Å²) in [6, 6.07) is 4.32. The molecule has 0 fully saturated rings. The molecule has 0 spiro atoms. The van der Waals surface area contributed by atoms with E-state index >= 15 is 0 Å². The average Bonchev–Trinajstić information content (AvgIpc) is 3.02. The molecule has 142 valence electrons. The number of ether oxygens (including phenoxy) is 1. The second-order valence-electron chi connectivity index (χ2n) is 5.90. The highest BCUT2D eigenvalue weighted by molar-refractivity contribution is 5.99. The molecule has 7 nitrogen and oxygen atoms in total. The van der Waals surface area contributed by atoms with Gasteiger partial charge in [0.2, 0.25) is 0 Å². The molecule has 0 aliphatic carbocycles. The fraction of sp³-hybridized carbons (Fsp3) is 0.294. The second kappa shape index (κ2) is 7.22. The first-order chi connectivity index (χ1) is 12.8. The first kappa shape index (κ1) is 18.6. The van der Waals surface area contributed by atoms with E-state index in [9.17, 15) is 18.0 Å². The summed E-state index contributed by atoms with van der Waals surface area (Å²) in [7, 11) is 0. The number of hydrogen-bond donors (Lipinski definition) is 1. The van der Waals surface area contributed by atoms with Gasteiger partial charge in [-0.05, 0) is 32.0 Å². The number of fused-ring (bicyclic) bond motifs is 1. The zero-order valence-electron chi connectivity index (χ0n) is 14.5. The molecule has 10 heteroatoms. The molecule has 0 radical (unpaired) electrons. The maximum absolute atomic E-state index is 13.2. The monoisotopic (exact) mass is 379 g/mol. The van der Waals surface area contributed by atoms with Crippen LogP contribution in [0.2, 0.25) is 0 Å². The lowest BCUT2D eigenvalue weighted by molar-refractivity contribution is -0.142. The van der Waals surface area contributed by atoms with Gasteiger partial charge in [-0.3, -0.25) is 9.78 Å². The van der Waals surface area contributed by atoms with E-state index in [-0.39, 0.29) is 29.6 Å². The summed E-state index contributed by atoms with van der Waals surface area (Å²) in [5.74, 6) is -0.0415. The van der Waals surface area contributed by atoms with Crippen molar-refractivity contribution >= 4 is 11.6 Å². The number of aryl methyl sites for hydroxylation is 1. The van der Waals surface area contributed by atoms with Gasteiger partial charge >= 0.3 is 6.18 Å². The quantitative estimate of drug-likeness (QED) is 0.737. The molecule has 27 heavy (non-hydrogen) atoms. The van der Waals surface area contributed by atoms with Crippen molar-refractivity contribution in [3.63, 3.8) is 0 Å². The Kier molecular flexibility index (Phi) is 4.98. The number of nitrogens with one attached hydrogen (secondary N) is 1. The van der Waals surface area contributed by atoms with Crippen molar-refractivity contribution < 1.29 is 22.7 Å². The molecule has 3 rings (SSSR count). The summed E-state index contributed by atoms with van der Waals surface area (Å²) in [4.78, 5) is 20.3. The molecule has 3 aromatic heterocycles. The number of amides is 1. The van der Waals surface area contributed by atoms with Crippen LogP contribution in [0.1, 0.15) is 28.7 Å². The standard InChI is InChI=1S/C17H16F3N5O2/c1-10-6-14(17(18,19)20)25-15(24-10)13(9-23-25)16(26)22-7-11(2)27-12-4-3-5-21-8-12/h3-6,8-9,11H,7H2,1-2H3,(H,22,26). The van der Waals surface area contributed by atoms with E-state index in [0.29, 0.717) is 10.3 Å². The molecule has 1 amide bonds. The first-order valence-corrected chi connectivity index (χ1v) is 8.03. The van der Waals surface area contributed by atoms with Crippen molar-refractivity contribution in [2.45, 2.75) is 26.1 Å². The zero-order chi connectivity index (χ0) is 19.6. The molecule has 0 saturated carbocycles. The van der Waals surface area contributed by atoms with E-state index in [2.05, 4.69) is 20.4 Å². The predicted octanol–water partition coefficient (Wildman–Crippen LogP) is 2.65. The number of nitrogens with zero attached hydrogens (tertiary/aromatic N) is 4. The molecular weight excluding hydrogens is 363 g/mol. The lowest BCUT2D eigenvalue weighted by Gasteiger charge is -2.15. The lowest BCUT2D eigenvalue weighted by Crippen LogP contribution is -2.33. The highest BCUT2D eigenvalue weighted by Crippen LogP contribution is 2.30. The summed E-state index contributed by atoms with van der Waals surface area (Å²) >= 11 is 0. The Balaban J connectivity index is 1.75. The predicted molar refractivity (Wildman–Crippen MR) is 89.4 cm³/mol. The molecule has 0 aliphatic rings. The number of pyridine rings is 1. The van der Waals surface area contributed by atoms with Crippen LogP contribution in [0.3, 0.4) is 0 Å². The molecule has 0 aliphatic heterocycles. The Morgan fingerprint density at radius 2 is 2.15 bits per heavy atom.